The third-order valence-corrected chi connectivity index (χ3v) is 4.94. The molecule has 4 unspecified atom stereocenters. The fourth-order valence-corrected chi connectivity index (χ4v) is 3.82. The van der Waals surface area contributed by atoms with E-state index >= 15 is 0 Å². The number of hydrogen-bond acceptors (Lipinski definition) is 2. The van der Waals surface area contributed by atoms with Crippen molar-refractivity contribution in [2.75, 3.05) is 13.6 Å². The number of nitrogens with two attached hydrogens (primary N) is 1. The highest BCUT2D eigenvalue weighted by atomic mass is 15.2. The molecule has 0 amide bonds. The Hall–Kier alpha value is -0.0800. The van der Waals surface area contributed by atoms with Gasteiger partial charge in [-0.15, -0.1) is 0 Å². The first-order valence-corrected chi connectivity index (χ1v) is 7.14. The van der Waals surface area contributed by atoms with Gasteiger partial charge in [0.1, 0.15) is 0 Å². The molecular weight excluding hydrogens is 196 g/mol. The van der Waals surface area contributed by atoms with Crippen molar-refractivity contribution in [3.63, 3.8) is 0 Å². The van der Waals surface area contributed by atoms with Gasteiger partial charge in [-0.05, 0) is 57.5 Å². The number of rotatable bonds is 3. The van der Waals surface area contributed by atoms with Crippen LogP contribution in [0.25, 0.3) is 0 Å². The van der Waals surface area contributed by atoms with Crippen LogP contribution in [-0.2, 0) is 0 Å². The second kappa shape index (κ2) is 5.50. The summed E-state index contributed by atoms with van der Waals surface area (Å²) in [7, 11) is 2.35. The lowest BCUT2D eigenvalue weighted by Crippen LogP contribution is -2.47. The molecule has 2 aliphatic rings. The molecule has 0 aromatic rings. The Bertz CT molecular complexity index is 217. The molecule has 2 rings (SSSR count). The van der Waals surface area contributed by atoms with Crippen LogP contribution < -0.4 is 5.73 Å². The van der Waals surface area contributed by atoms with Gasteiger partial charge < -0.3 is 10.6 Å². The second-order valence-electron chi connectivity index (χ2n) is 6.09. The fraction of sp³-hybridized carbons (Fsp3) is 1.00. The minimum Gasteiger partial charge on any atom is -0.330 e. The predicted octanol–water partition coefficient (Wildman–Crippen LogP) is 2.62. The normalized spacial score (nSPS) is 40.5. The Kier molecular flexibility index (Phi) is 4.26. The minimum atomic E-state index is 0.759. The summed E-state index contributed by atoms with van der Waals surface area (Å²) in [4.78, 5) is 2.68. The van der Waals surface area contributed by atoms with Crippen LogP contribution in [0.15, 0.2) is 0 Å². The smallest absolute Gasteiger partial charge is 0.0135 e. The molecule has 0 radical (unpaired) electrons. The molecule has 2 N–H and O–H groups in total. The Morgan fingerprint density at radius 3 is 2.50 bits per heavy atom. The van der Waals surface area contributed by atoms with Crippen LogP contribution in [0.1, 0.15) is 51.9 Å². The molecule has 94 valence electrons. The van der Waals surface area contributed by atoms with E-state index in [4.69, 9.17) is 5.73 Å². The van der Waals surface area contributed by atoms with E-state index in [1.165, 1.54) is 44.9 Å². The van der Waals surface area contributed by atoms with Crippen LogP contribution in [0, 0.1) is 11.8 Å². The second-order valence-corrected chi connectivity index (χ2v) is 6.09. The third kappa shape index (κ3) is 2.60. The molecule has 2 saturated carbocycles. The third-order valence-electron chi connectivity index (χ3n) is 4.94. The summed E-state index contributed by atoms with van der Waals surface area (Å²) in [6.07, 6.45) is 9.78. The van der Waals surface area contributed by atoms with Gasteiger partial charge >= 0.3 is 0 Å². The van der Waals surface area contributed by atoms with Crippen molar-refractivity contribution >= 4 is 0 Å². The van der Waals surface area contributed by atoms with Crippen LogP contribution in [0.4, 0.5) is 0 Å². The molecule has 16 heavy (non-hydrogen) atoms. The average Bonchev–Trinajstić information content (AvgIpc) is 2.75. The highest BCUT2D eigenvalue weighted by molar-refractivity contribution is 4.88. The van der Waals surface area contributed by atoms with Crippen molar-refractivity contribution in [1.29, 1.82) is 0 Å². The van der Waals surface area contributed by atoms with Crippen LogP contribution in [0.2, 0.25) is 0 Å². The average molecular weight is 224 g/mol. The zero-order chi connectivity index (χ0) is 11.5. The monoisotopic (exact) mass is 224 g/mol. The van der Waals surface area contributed by atoms with E-state index in [2.05, 4.69) is 18.9 Å². The molecule has 0 aliphatic heterocycles. The van der Waals surface area contributed by atoms with Crippen LogP contribution in [0.5, 0.6) is 0 Å². The molecule has 0 aromatic carbocycles. The topological polar surface area (TPSA) is 29.3 Å². The van der Waals surface area contributed by atoms with Gasteiger partial charge in [-0.3, -0.25) is 0 Å². The summed E-state index contributed by atoms with van der Waals surface area (Å²) < 4.78 is 0. The quantitative estimate of drug-likeness (QED) is 0.798. The molecule has 2 aliphatic carbocycles. The molecule has 2 nitrogen and oxygen atoms in total. The SMILES string of the molecule is CC1CCC(N(C)C2CCCCC2CN)C1. The molecule has 0 spiro atoms. The summed E-state index contributed by atoms with van der Waals surface area (Å²) in [6, 6.07) is 1.61. The van der Waals surface area contributed by atoms with Crippen molar-refractivity contribution in [3.8, 4) is 0 Å². The van der Waals surface area contributed by atoms with Gasteiger partial charge in [0.2, 0.25) is 0 Å². The molecule has 0 saturated heterocycles. The first-order chi connectivity index (χ1) is 7.72. The maximum Gasteiger partial charge on any atom is 0.0135 e. The van der Waals surface area contributed by atoms with Crippen molar-refractivity contribution in [2.45, 2.75) is 64.0 Å². The number of hydrogen-bond donors (Lipinski definition) is 1. The molecule has 4 atom stereocenters. The van der Waals surface area contributed by atoms with Crippen molar-refractivity contribution in [3.05, 3.63) is 0 Å². The lowest BCUT2D eigenvalue weighted by atomic mass is 9.83. The van der Waals surface area contributed by atoms with Gasteiger partial charge in [-0.2, -0.15) is 0 Å². The first kappa shape index (κ1) is 12.4. The van der Waals surface area contributed by atoms with Crippen molar-refractivity contribution in [2.24, 2.45) is 17.6 Å². The summed E-state index contributed by atoms with van der Waals surface area (Å²) >= 11 is 0. The minimum absolute atomic E-state index is 0.759. The Labute approximate surface area is 101 Å². The predicted molar refractivity (Wildman–Crippen MR) is 69.4 cm³/mol. The Morgan fingerprint density at radius 2 is 1.88 bits per heavy atom. The molecule has 2 fully saturated rings. The molecule has 2 heteroatoms. The Balaban J connectivity index is 1.93. The highest BCUT2D eigenvalue weighted by Crippen LogP contribution is 2.34. The standard InChI is InChI=1S/C14H28N2/c1-11-7-8-13(9-11)16(2)14-6-4-3-5-12(14)10-15/h11-14H,3-10,15H2,1-2H3. The van der Waals surface area contributed by atoms with E-state index in [0.29, 0.717) is 0 Å². The zero-order valence-electron chi connectivity index (χ0n) is 11.0. The fourth-order valence-electron chi connectivity index (χ4n) is 3.82. The maximum atomic E-state index is 5.93. The van der Waals surface area contributed by atoms with E-state index in [9.17, 15) is 0 Å². The zero-order valence-corrected chi connectivity index (χ0v) is 11.0. The van der Waals surface area contributed by atoms with Gasteiger partial charge in [0.25, 0.3) is 0 Å². The van der Waals surface area contributed by atoms with E-state index in [-0.39, 0.29) is 0 Å². The van der Waals surface area contributed by atoms with Crippen LogP contribution in [-0.4, -0.2) is 30.6 Å². The van der Waals surface area contributed by atoms with Crippen molar-refractivity contribution in [1.82, 2.24) is 4.90 Å². The Morgan fingerprint density at radius 1 is 1.12 bits per heavy atom. The summed E-state index contributed by atoms with van der Waals surface area (Å²) in [5.74, 6) is 1.70. The lowest BCUT2D eigenvalue weighted by Gasteiger charge is -2.40. The summed E-state index contributed by atoms with van der Waals surface area (Å²) in [6.45, 7) is 3.28. The molecule has 0 bridgehead atoms. The van der Waals surface area contributed by atoms with E-state index in [1.807, 2.05) is 0 Å². The van der Waals surface area contributed by atoms with Crippen molar-refractivity contribution < 1.29 is 0 Å². The largest absolute Gasteiger partial charge is 0.330 e. The first-order valence-electron chi connectivity index (χ1n) is 7.14. The van der Waals surface area contributed by atoms with E-state index in [0.717, 1.165) is 30.5 Å². The maximum absolute atomic E-state index is 5.93. The van der Waals surface area contributed by atoms with Gasteiger partial charge in [0.05, 0.1) is 0 Å². The summed E-state index contributed by atoms with van der Waals surface area (Å²) in [5, 5.41) is 0. The number of nitrogens with zero attached hydrogens (tertiary/aromatic N) is 1. The van der Waals surface area contributed by atoms with E-state index in [1.54, 1.807) is 0 Å². The van der Waals surface area contributed by atoms with Gasteiger partial charge in [0.15, 0.2) is 0 Å². The van der Waals surface area contributed by atoms with E-state index < -0.39 is 0 Å². The molecular formula is C14H28N2. The lowest BCUT2D eigenvalue weighted by molar-refractivity contribution is 0.0926. The van der Waals surface area contributed by atoms with Gasteiger partial charge in [-0.25, -0.2) is 0 Å². The molecule has 0 heterocycles. The van der Waals surface area contributed by atoms with Gasteiger partial charge in [0, 0.05) is 12.1 Å². The molecule has 0 aromatic heterocycles. The summed E-state index contributed by atoms with van der Waals surface area (Å²) in [5.41, 5.74) is 5.93. The highest BCUT2D eigenvalue weighted by Gasteiger charge is 2.33. The van der Waals surface area contributed by atoms with Crippen LogP contribution in [0.3, 0.4) is 0 Å². The van der Waals surface area contributed by atoms with Crippen LogP contribution >= 0.6 is 0 Å². The van der Waals surface area contributed by atoms with Gasteiger partial charge in [-0.1, -0.05) is 19.8 Å².